The van der Waals surface area contributed by atoms with Gasteiger partial charge in [-0.05, 0) is 30.5 Å². The molecule has 1 unspecified atom stereocenters. The van der Waals surface area contributed by atoms with Gasteiger partial charge in [0.2, 0.25) is 0 Å². The second-order valence-corrected chi connectivity index (χ2v) is 5.87. The molecule has 0 aliphatic heterocycles. The summed E-state index contributed by atoms with van der Waals surface area (Å²) >= 11 is 0. The van der Waals surface area contributed by atoms with E-state index in [0.29, 0.717) is 23.2 Å². The van der Waals surface area contributed by atoms with Gasteiger partial charge in [0.15, 0.2) is 0 Å². The van der Waals surface area contributed by atoms with Crippen molar-refractivity contribution < 1.29 is 14.7 Å². The fraction of sp³-hybridized carbons (Fsp3) is 0.300. The molecule has 5 nitrogen and oxygen atoms in total. The zero-order valence-electron chi connectivity index (χ0n) is 14.1. The van der Waals surface area contributed by atoms with Crippen LogP contribution >= 0.6 is 0 Å². The second kappa shape index (κ2) is 8.74. The van der Waals surface area contributed by atoms with E-state index in [1.54, 1.807) is 30.5 Å². The number of hydrogen-bond acceptors (Lipinski definition) is 4. The highest BCUT2D eigenvalue weighted by Gasteiger charge is 2.25. The number of benzene rings is 1. The summed E-state index contributed by atoms with van der Waals surface area (Å²) in [6.07, 6.45) is 3.55. The molecule has 25 heavy (non-hydrogen) atoms. The summed E-state index contributed by atoms with van der Waals surface area (Å²) in [6, 6.07) is 12.8. The molecule has 0 amide bonds. The molecular formula is C20H20N2O3. The van der Waals surface area contributed by atoms with Gasteiger partial charge in [0.05, 0.1) is 17.3 Å². The zero-order valence-corrected chi connectivity index (χ0v) is 14.1. The van der Waals surface area contributed by atoms with Gasteiger partial charge >= 0.3 is 5.97 Å². The van der Waals surface area contributed by atoms with Crippen molar-refractivity contribution in [3.05, 3.63) is 53.7 Å². The number of pyridine rings is 1. The molecule has 0 aliphatic carbocycles. The van der Waals surface area contributed by atoms with Gasteiger partial charge in [0.25, 0.3) is 0 Å². The largest absolute Gasteiger partial charge is 0.481 e. The zero-order chi connectivity index (χ0) is 18.2. The van der Waals surface area contributed by atoms with E-state index in [2.05, 4.69) is 11.1 Å². The van der Waals surface area contributed by atoms with Crippen LogP contribution in [0.1, 0.15) is 37.3 Å². The Hall–Kier alpha value is -3.00. The first-order valence-electron chi connectivity index (χ1n) is 8.26. The number of carboxylic acids is 1. The molecule has 0 aliphatic rings. The number of ketones is 1. The lowest BCUT2D eigenvalue weighted by Gasteiger charge is -2.11. The number of carbonyl (C=O) groups is 2. The fourth-order valence-corrected chi connectivity index (χ4v) is 2.61. The third-order valence-electron chi connectivity index (χ3n) is 4.05. The minimum absolute atomic E-state index is 0.130. The SMILES string of the molecule is CCCCC(=O)C(Cc1ccc(-c2ccccc2C#N)nc1)C(=O)O. The van der Waals surface area contributed by atoms with Crippen LogP contribution in [0.4, 0.5) is 0 Å². The van der Waals surface area contributed by atoms with Gasteiger partial charge in [-0.1, -0.05) is 37.6 Å². The van der Waals surface area contributed by atoms with Crippen LogP contribution in [0.25, 0.3) is 11.3 Å². The third kappa shape index (κ3) is 4.74. The second-order valence-electron chi connectivity index (χ2n) is 5.87. The van der Waals surface area contributed by atoms with Gasteiger partial charge in [-0.2, -0.15) is 5.26 Å². The van der Waals surface area contributed by atoms with Gasteiger partial charge in [-0.25, -0.2) is 0 Å². The number of carboxylic acid groups (broad SMARTS) is 1. The van der Waals surface area contributed by atoms with Gasteiger partial charge < -0.3 is 5.11 Å². The smallest absolute Gasteiger partial charge is 0.314 e. The number of aliphatic carboxylic acids is 1. The highest BCUT2D eigenvalue weighted by molar-refractivity contribution is 5.98. The Bertz CT molecular complexity index is 791. The number of carbonyl (C=O) groups excluding carboxylic acids is 1. The van der Waals surface area contributed by atoms with Crippen molar-refractivity contribution in [1.29, 1.82) is 5.26 Å². The lowest BCUT2D eigenvalue weighted by molar-refractivity contribution is -0.146. The van der Waals surface area contributed by atoms with Crippen LogP contribution in [0.2, 0.25) is 0 Å². The molecule has 128 valence electrons. The van der Waals surface area contributed by atoms with E-state index in [-0.39, 0.29) is 18.6 Å². The normalized spacial score (nSPS) is 11.5. The van der Waals surface area contributed by atoms with E-state index in [9.17, 15) is 14.7 Å². The fourth-order valence-electron chi connectivity index (χ4n) is 2.61. The molecule has 0 bridgehead atoms. The minimum atomic E-state index is -1.10. The Morgan fingerprint density at radius 2 is 2.00 bits per heavy atom. The van der Waals surface area contributed by atoms with Crippen molar-refractivity contribution in [1.82, 2.24) is 4.98 Å². The number of unbranched alkanes of at least 4 members (excludes halogenated alkanes) is 1. The van der Waals surface area contributed by atoms with Crippen LogP contribution in [0, 0.1) is 17.2 Å². The maximum atomic E-state index is 12.1. The standard InChI is InChI=1S/C20H20N2O3/c1-2-3-8-19(23)17(20(24)25)11-14-9-10-18(22-13-14)16-7-5-4-6-15(16)12-21/h4-7,9-10,13,17H,2-3,8,11H2,1H3,(H,24,25). The predicted octanol–water partition coefficient (Wildman–Crippen LogP) is 3.62. The van der Waals surface area contributed by atoms with Crippen LogP contribution < -0.4 is 0 Å². The quantitative estimate of drug-likeness (QED) is 0.743. The summed E-state index contributed by atoms with van der Waals surface area (Å²) in [5.74, 6) is -2.38. The molecule has 1 aromatic carbocycles. The number of nitrogens with zero attached hydrogens (tertiary/aromatic N) is 2. The highest BCUT2D eigenvalue weighted by Crippen LogP contribution is 2.22. The van der Waals surface area contributed by atoms with Crippen LogP contribution in [0.5, 0.6) is 0 Å². The summed E-state index contributed by atoms with van der Waals surface area (Å²) in [5.41, 5.74) is 2.59. The third-order valence-corrected chi connectivity index (χ3v) is 4.05. The molecule has 1 N–H and O–H groups in total. The van der Waals surface area contributed by atoms with Crippen LogP contribution in [0.15, 0.2) is 42.6 Å². The van der Waals surface area contributed by atoms with Crippen molar-refractivity contribution in [3.8, 4) is 17.3 Å². The Kier molecular flexibility index (Phi) is 6.41. The Labute approximate surface area is 147 Å². The molecule has 2 rings (SSSR count). The molecule has 0 radical (unpaired) electrons. The van der Waals surface area contributed by atoms with Gasteiger partial charge in [0.1, 0.15) is 11.7 Å². The summed E-state index contributed by atoms with van der Waals surface area (Å²) in [7, 11) is 0. The van der Waals surface area contributed by atoms with Crippen molar-refractivity contribution in [3.63, 3.8) is 0 Å². The monoisotopic (exact) mass is 336 g/mol. The topological polar surface area (TPSA) is 91.0 Å². The molecule has 1 aromatic heterocycles. The van der Waals surface area contributed by atoms with E-state index in [1.807, 2.05) is 19.1 Å². The van der Waals surface area contributed by atoms with E-state index in [4.69, 9.17) is 5.26 Å². The molecule has 0 saturated heterocycles. The molecule has 1 atom stereocenters. The number of Topliss-reactive ketones (excluding diaryl/α,β-unsaturated/α-hetero) is 1. The Morgan fingerprint density at radius 3 is 2.60 bits per heavy atom. The Morgan fingerprint density at radius 1 is 1.24 bits per heavy atom. The Balaban J connectivity index is 2.17. The van der Waals surface area contributed by atoms with Gasteiger partial charge in [-0.3, -0.25) is 14.6 Å². The first kappa shape index (κ1) is 18.3. The average Bonchev–Trinajstić information content (AvgIpc) is 2.64. The van der Waals surface area contributed by atoms with Gasteiger partial charge in [0, 0.05) is 18.2 Å². The predicted molar refractivity (Wildman–Crippen MR) is 93.7 cm³/mol. The van der Waals surface area contributed by atoms with Crippen LogP contribution in [0.3, 0.4) is 0 Å². The molecule has 2 aromatic rings. The van der Waals surface area contributed by atoms with Gasteiger partial charge in [-0.15, -0.1) is 0 Å². The summed E-state index contributed by atoms with van der Waals surface area (Å²) in [5, 5.41) is 18.5. The van der Waals surface area contributed by atoms with Crippen LogP contribution in [-0.4, -0.2) is 21.8 Å². The first-order chi connectivity index (χ1) is 12.1. The van der Waals surface area contributed by atoms with E-state index < -0.39 is 11.9 Å². The average molecular weight is 336 g/mol. The number of rotatable bonds is 8. The number of hydrogen-bond donors (Lipinski definition) is 1. The molecule has 1 heterocycles. The molecule has 0 fully saturated rings. The first-order valence-corrected chi connectivity index (χ1v) is 8.26. The molecule has 5 heteroatoms. The summed E-state index contributed by atoms with van der Waals surface area (Å²) in [4.78, 5) is 27.8. The van der Waals surface area contributed by atoms with Crippen LogP contribution in [-0.2, 0) is 16.0 Å². The number of nitriles is 1. The highest BCUT2D eigenvalue weighted by atomic mass is 16.4. The minimum Gasteiger partial charge on any atom is -0.481 e. The van der Waals surface area contributed by atoms with E-state index in [0.717, 1.165) is 12.0 Å². The van der Waals surface area contributed by atoms with Crippen molar-refractivity contribution >= 4 is 11.8 Å². The van der Waals surface area contributed by atoms with E-state index in [1.165, 1.54) is 0 Å². The number of aromatic nitrogens is 1. The maximum Gasteiger partial charge on any atom is 0.314 e. The lowest BCUT2D eigenvalue weighted by atomic mass is 9.93. The molecular weight excluding hydrogens is 316 g/mol. The molecule has 0 saturated carbocycles. The maximum absolute atomic E-state index is 12.1. The summed E-state index contributed by atoms with van der Waals surface area (Å²) in [6.45, 7) is 1.96. The molecule has 0 spiro atoms. The van der Waals surface area contributed by atoms with Crippen molar-refractivity contribution in [2.45, 2.75) is 32.6 Å². The lowest BCUT2D eigenvalue weighted by Crippen LogP contribution is -2.26. The van der Waals surface area contributed by atoms with Crippen molar-refractivity contribution in [2.75, 3.05) is 0 Å². The van der Waals surface area contributed by atoms with E-state index >= 15 is 0 Å². The summed E-state index contributed by atoms with van der Waals surface area (Å²) < 4.78 is 0. The van der Waals surface area contributed by atoms with Crippen molar-refractivity contribution in [2.24, 2.45) is 5.92 Å².